The zero-order valence-corrected chi connectivity index (χ0v) is 9.72. The van der Waals surface area contributed by atoms with Gasteiger partial charge in [-0.3, -0.25) is 0 Å². The van der Waals surface area contributed by atoms with Crippen molar-refractivity contribution in [2.75, 3.05) is 35.1 Å². The van der Waals surface area contributed by atoms with Crippen LogP contribution in [0.2, 0.25) is 0 Å². The highest BCUT2D eigenvalue weighted by Crippen LogP contribution is 2.29. The van der Waals surface area contributed by atoms with E-state index in [0.717, 1.165) is 0 Å². The van der Waals surface area contributed by atoms with Crippen LogP contribution in [0.4, 0.5) is 0 Å². The van der Waals surface area contributed by atoms with E-state index in [-0.39, 0.29) is 0 Å². The van der Waals surface area contributed by atoms with Crippen LogP contribution in [0.25, 0.3) is 0 Å². The van der Waals surface area contributed by atoms with Crippen LogP contribution < -0.4 is 0 Å². The lowest BCUT2D eigenvalue weighted by Gasteiger charge is -2.01. The van der Waals surface area contributed by atoms with Crippen molar-refractivity contribution < 1.29 is 22.7 Å². The van der Waals surface area contributed by atoms with Crippen LogP contribution >= 0.6 is 16.6 Å². The van der Waals surface area contributed by atoms with Crippen LogP contribution in [0.5, 0.6) is 0 Å². The van der Waals surface area contributed by atoms with Crippen LogP contribution in [0, 0.1) is 0 Å². The molecule has 0 fully saturated rings. The predicted molar refractivity (Wildman–Crippen MR) is 48.5 cm³/mol. The van der Waals surface area contributed by atoms with E-state index in [1.54, 1.807) is 14.2 Å². The summed E-state index contributed by atoms with van der Waals surface area (Å²) in [5, 5.41) is 0. The molecule has 12 heavy (non-hydrogen) atoms. The van der Waals surface area contributed by atoms with Gasteiger partial charge in [0.05, 0.1) is 14.2 Å². The molecule has 7 heteroatoms. The fraction of sp³-hybridized carbons (Fsp3) is 1.00. The molecule has 0 N–H and O–H groups in total. The van der Waals surface area contributed by atoms with Crippen LogP contribution in [0.3, 0.4) is 0 Å². The number of hydrogen-bond acceptors (Lipinski definition) is 5. The zero-order chi connectivity index (χ0) is 9.98. The standard InChI is InChI=1S/C3H9O2P.C2H6O3P/c2*1-4-6(3)5-2/h1-3H3;1-2H3/q;+1. The summed E-state index contributed by atoms with van der Waals surface area (Å²) in [6.45, 7) is 1.90. The first kappa shape index (κ1) is 14.9. The first-order valence-corrected chi connectivity index (χ1v) is 5.71. The molecular weight excluding hydrogens is 202 g/mol. The van der Waals surface area contributed by atoms with Crippen LogP contribution in [-0.2, 0) is 22.7 Å². The quantitative estimate of drug-likeness (QED) is 0.675. The fourth-order valence-electron chi connectivity index (χ4n) is 0.149. The second-order valence-corrected chi connectivity index (χ2v) is 4.18. The first-order valence-electron chi connectivity index (χ1n) is 2.99. The summed E-state index contributed by atoms with van der Waals surface area (Å²) in [6.07, 6.45) is 0. The van der Waals surface area contributed by atoms with Gasteiger partial charge in [-0.25, -0.2) is 0 Å². The maximum atomic E-state index is 9.88. The number of rotatable bonds is 4. The van der Waals surface area contributed by atoms with Crippen molar-refractivity contribution in [2.45, 2.75) is 0 Å². The normalized spacial score (nSPS) is 9.17. The molecule has 0 aliphatic heterocycles. The molecule has 0 rings (SSSR count). The fourth-order valence-corrected chi connectivity index (χ4v) is 0.447. The van der Waals surface area contributed by atoms with E-state index >= 15 is 0 Å². The lowest BCUT2D eigenvalue weighted by atomic mass is 11.8. The summed E-state index contributed by atoms with van der Waals surface area (Å²) in [4.78, 5) is 0. The molecule has 74 valence electrons. The van der Waals surface area contributed by atoms with Gasteiger partial charge >= 0.3 is 8.25 Å². The van der Waals surface area contributed by atoms with Crippen molar-refractivity contribution in [3.63, 3.8) is 0 Å². The maximum absolute atomic E-state index is 9.88. The molecular formula is C5H15O5P2+. The smallest absolute Gasteiger partial charge is 0.338 e. The molecule has 0 saturated heterocycles. The van der Waals surface area contributed by atoms with Gasteiger partial charge in [-0.1, -0.05) is 0 Å². The minimum atomic E-state index is -1.83. The van der Waals surface area contributed by atoms with Crippen molar-refractivity contribution in [1.82, 2.24) is 0 Å². The first-order chi connectivity index (χ1) is 5.62. The molecule has 0 aromatic heterocycles. The minimum Gasteiger partial charge on any atom is -0.338 e. The third-order valence-corrected chi connectivity index (χ3v) is 2.44. The highest BCUT2D eigenvalue weighted by Gasteiger charge is 2.10. The molecule has 0 aliphatic rings. The van der Waals surface area contributed by atoms with E-state index in [9.17, 15) is 4.57 Å². The molecule has 0 heterocycles. The Morgan fingerprint density at radius 3 is 1.33 bits per heavy atom. The predicted octanol–water partition coefficient (Wildman–Crippen LogP) is 2.16. The van der Waals surface area contributed by atoms with E-state index in [1.807, 2.05) is 6.66 Å². The highest BCUT2D eigenvalue weighted by molar-refractivity contribution is 7.46. The van der Waals surface area contributed by atoms with Gasteiger partial charge in [0.25, 0.3) is 0 Å². The summed E-state index contributed by atoms with van der Waals surface area (Å²) in [5.74, 6) is 0. The Kier molecular flexibility index (Phi) is 14.1. The Bertz CT molecular complexity index is 100. The Morgan fingerprint density at radius 2 is 1.33 bits per heavy atom. The lowest BCUT2D eigenvalue weighted by Crippen LogP contribution is -1.74. The molecule has 0 bridgehead atoms. The van der Waals surface area contributed by atoms with Gasteiger partial charge in [0.2, 0.25) is 0 Å². The van der Waals surface area contributed by atoms with E-state index in [1.165, 1.54) is 14.2 Å². The second-order valence-electron chi connectivity index (χ2n) is 1.39. The van der Waals surface area contributed by atoms with Gasteiger partial charge in [-0.05, 0) is 0 Å². The zero-order valence-electron chi connectivity index (χ0n) is 7.94. The van der Waals surface area contributed by atoms with Gasteiger partial charge in [0.15, 0.2) is 8.38 Å². The molecule has 0 aromatic carbocycles. The Balaban J connectivity index is 0. The third-order valence-electron chi connectivity index (χ3n) is 0.812. The molecule has 0 spiro atoms. The summed E-state index contributed by atoms with van der Waals surface area (Å²) in [7, 11) is 3.51. The molecule has 0 unspecified atom stereocenters. The van der Waals surface area contributed by atoms with E-state index in [0.29, 0.717) is 0 Å². The van der Waals surface area contributed by atoms with Crippen LogP contribution in [-0.4, -0.2) is 35.1 Å². The molecule has 0 aromatic rings. The monoisotopic (exact) mass is 217 g/mol. The minimum absolute atomic E-state index is 0.576. The Labute approximate surface area is 75.2 Å². The molecule has 5 nitrogen and oxygen atoms in total. The summed E-state index contributed by atoms with van der Waals surface area (Å²) in [5.41, 5.74) is 0. The largest absolute Gasteiger partial charge is 0.696 e. The third kappa shape index (κ3) is 13.0. The second kappa shape index (κ2) is 11.4. The Hall–Kier alpha value is 0.370. The summed E-state index contributed by atoms with van der Waals surface area (Å²) in [6, 6.07) is 0. The summed E-state index contributed by atoms with van der Waals surface area (Å²) >= 11 is 0. The van der Waals surface area contributed by atoms with Crippen LogP contribution in [0.1, 0.15) is 0 Å². The maximum Gasteiger partial charge on any atom is 0.696 e. The summed E-state index contributed by atoms with van der Waals surface area (Å²) < 4.78 is 27.7. The molecule has 0 radical (unpaired) electrons. The van der Waals surface area contributed by atoms with Gasteiger partial charge in [0, 0.05) is 25.4 Å². The van der Waals surface area contributed by atoms with E-state index < -0.39 is 16.6 Å². The van der Waals surface area contributed by atoms with Crippen molar-refractivity contribution in [3.05, 3.63) is 0 Å². The van der Waals surface area contributed by atoms with Crippen LogP contribution in [0.15, 0.2) is 0 Å². The topological polar surface area (TPSA) is 54.0 Å². The average molecular weight is 217 g/mol. The lowest BCUT2D eigenvalue weighted by molar-refractivity contribution is 0.302. The van der Waals surface area contributed by atoms with Crippen molar-refractivity contribution in [3.8, 4) is 0 Å². The van der Waals surface area contributed by atoms with Gasteiger partial charge in [-0.2, -0.15) is 0 Å². The van der Waals surface area contributed by atoms with Crippen molar-refractivity contribution in [1.29, 1.82) is 0 Å². The SMILES string of the molecule is COP(C)OC.CO[P+](=O)OC. The van der Waals surface area contributed by atoms with E-state index in [4.69, 9.17) is 9.05 Å². The average Bonchev–Trinajstić information content (AvgIpc) is 2.16. The van der Waals surface area contributed by atoms with Crippen molar-refractivity contribution >= 4 is 16.6 Å². The molecule has 0 amide bonds. The molecule has 0 saturated carbocycles. The van der Waals surface area contributed by atoms with Gasteiger partial charge in [0.1, 0.15) is 0 Å². The Morgan fingerprint density at radius 1 is 1.00 bits per heavy atom. The highest BCUT2D eigenvalue weighted by atomic mass is 31.2. The van der Waals surface area contributed by atoms with E-state index in [2.05, 4.69) is 9.05 Å². The number of hydrogen-bond donors (Lipinski definition) is 0. The van der Waals surface area contributed by atoms with Gasteiger partial charge in [-0.15, -0.1) is 9.05 Å². The van der Waals surface area contributed by atoms with Gasteiger partial charge < -0.3 is 9.05 Å². The van der Waals surface area contributed by atoms with Crippen molar-refractivity contribution in [2.24, 2.45) is 0 Å². The molecule has 0 aliphatic carbocycles. The molecule has 0 atom stereocenters.